The molecule has 0 saturated carbocycles. The summed E-state index contributed by atoms with van der Waals surface area (Å²) >= 11 is 0. The lowest BCUT2D eigenvalue weighted by atomic mass is 10.4. The Morgan fingerprint density at radius 2 is 2.31 bits per heavy atom. The fraction of sp³-hybridized carbons (Fsp3) is 0.100. The molecule has 0 aliphatic rings. The van der Waals surface area contributed by atoms with E-state index in [0.717, 1.165) is 0 Å². The number of hydrogen-bond acceptors (Lipinski definition) is 4. The van der Waals surface area contributed by atoms with E-state index in [0.29, 0.717) is 0 Å². The maximum Gasteiger partial charge on any atom is 0.281 e. The Hall–Kier alpha value is -2.37. The summed E-state index contributed by atoms with van der Waals surface area (Å²) in [6, 6.07) is 2.95. The van der Waals surface area contributed by atoms with Crippen LogP contribution < -0.4 is 10.9 Å². The average Bonchev–Trinajstić information content (AvgIpc) is 2.23. The number of carbonyl (C=O) groups is 1. The van der Waals surface area contributed by atoms with E-state index in [1.54, 1.807) is 0 Å². The maximum atomic E-state index is 11.8. The van der Waals surface area contributed by atoms with E-state index in [4.69, 9.17) is 0 Å². The van der Waals surface area contributed by atoms with Gasteiger partial charge in [0.05, 0.1) is 6.20 Å². The third kappa shape index (κ3) is 1.60. The van der Waals surface area contributed by atoms with Gasteiger partial charge in [-0.05, 0) is 12.1 Å². The van der Waals surface area contributed by atoms with Gasteiger partial charge in [-0.1, -0.05) is 0 Å². The lowest BCUT2D eigenvalue weighted by Gasteiger charge is -2.04. The first-order valence-electron chi connectivity index (χ1n) is 4.56. The Balaban J connectivity index is 2.71. The second kappa shape index (κ2) is 3.65. The second-order valence-corrected chi connectivity index (χ2v) is 3.25. The van der Waals surface area contributed by atoms with Crippen LogP contribution >= 0.6 is 0 Å². The van der Waals surface area contributed by atoms with Crippen LogP contribution in [0.4, 0.5) is 5.69 Å². The zero-order valence-electron chi connectivity index (χ0n) is 8.47. The van der Waals surface area contributed by atoms with Gasteiger partial charge in [0.2, 0.25) is 5.91 Å². The van der Waals surface area contributed by atoms with Crippen LogP contribution in [0.2, 0.25) is 0 Å². The van der Waals surface area contributed by atoms with Crippen molar-refractivity contribution < 1.29 is 9.90 Å². The third-order valence-electron chi connectivity index (χ3n) is 2.02. The van der Waals surface area contributed by atoms with Gasteiger partial charge in [0, 0.05) is 13.1 Å². The molecule has 0 radical (unpaired) electrons. The molecule has 0 saturated heterocycles. The molecule has 0 bridgehead atoms. The van der Waals surface area contributed by atoms with E-state index in [1.165, 1.54) is 35.9 Å². The molecule has 1 amide bonds. The standard InChI is InChI=1S/C10H9N3O3/c1-6(14)12-7-5-11-9-8(15)3-2-4-13(9)10(7)16/h2-5,15H,1H3,(H,12,14). The van der Waals surface area contributed by atoms with Crippen molar-refractivity contribution in [3.63, 3.8) is 0 Å². The largest absolute Gasteiger partial charge is 0.504 e. The fourth-order valence-electron chi connectivity index (χ4n) is 1.37. The van der Waals surface area contributed by atoms with Crippen molar-refractivity contribution in [2.75, 3.05) is 5.32 Å². The molecule has 2 aromatic rings. The Morgan fingerprint density at radius 3 is 3.00 bits per heavy atom. The van der Waals surface area contributed by atoms with Crippen LogP contribution in [0.5, 0.6) is 5.75 Å². The smallest absolute Gasteiger partial charge is 0.281 e. The summed E-state index contributed by atoms with van der Waals surface area (Å²) < 4.78 is 1.17. The summed E-state index contributed by atoms with van der Waals surface area (Å²) in [4.78, 5) is 26.5. The van der Waals surface area contributed by atoms with E-state index in [2.05, 4.69) is 10.3 Å². The maximum absolute atomic E-state index is 11.8. The lowest BCUT2D eigenvalue weighted by Crippen LogP contribution is -2.21. The molecule has 2 N–H and O–H groups in total. The van der Waals surface area contributed by atoms with Gasteiger partial charge >= 0.3 is 0 Å². The van der Waals surface area contributed by atoms with Gasteiger partial charge in [-0.2, -0.15) is 0 Å². The van der Waals surface area contributed by atoms with E-state index in [1.807, 2.05) is 0 Å². The van der Waals surface area contributed by atoms with Gasteiger partial charge < -0.3 is 10.4 Å². The molecule has 0 atom stereocenters. The predicted molar refractivity (Wildman–Crippen MR) is 57.4 cm³/mol. The van der Waals surface area contributed by atoms with Crippen LogP contribution in [-0.2, 0) is 4.79 Å². The Kier molecular flexibility index (Phi) is 2.32. The Labute approximate surface area is 90.2 Å². The summed E-state index contributed by atoms with van der Waals surface area (Å²) in [6.07, 6.45) is 2.69. The molecule has 0 spiro atoms. The molecule has 0 aromatic carbocycles. The van der Waals surface area contributed by atoms with Crippen LogP contribution in [0.25, 0.3) is 5.65 Å². The number of hydrogen-bond donors (Lipinski definition) is 2. The first kappa shape index (κ1) is 10.2. The summed E-state index contributed by atoms with van der Waals surface area (Å²) in [5.41, 5.74) is -0.201. The molecule has 16 heavy (non-hydrogen) atoms. The number of nitrogens with zero attached hydrogens (tertiary/aromatic N) is 2. The van der Waals surface area contributed by atoms with Crippen LogP contribution in [0.1, 0.15) is 6.92 Å². The van der Waals surface area contributed by atoms with Crippen molar-refractivity contribution in [3.8, 4) is 5.75 Å². The minimum atomic E-state index is -0.434. The highest BCUT2D eigenvalue weighted by atomic mass is 16.3. The number of aromatic hydroxyl groups is 1. The summed E-state index contributed by atoms with van der Waals surface area (Å²) in [5, 5.41) is 11.8. The number of amides is 1. The van der Waals surface area contributed by atoms with Crippen molar-refractivity contribution in [3.05, 3.63) is 34.9 Å². The molecule has 0 fully saturated rings. The number of rotatable bonds is 1. The highest BCUT2D eigenvalue weighted by molar-refractivity contribution is 5.88. The topological polar surface area (TPSA) is 83.7 Å². The number of anilines is 1. The fourth-order valence-corrected chi connectivity index (χ4v) is 1.37. The second-order valence-electron chi connectivity index (χ2n) is 3.25. The molecule has 2 aromatic heterocycles. The van der Waals surface area contributed by atoms with Crippen molar-refractivity contribution >= 4 is 17.2 Å². The SMILES string of the molecule is CC(=O)Nc1cnc2c(O)cccn2c1=O. The molecule has 0 aliphatic carbocycles. The monoisotopic (exact) mass is 219 g/mol. The summed E-state index contributed by atoms with van der Waals surface area (Å²) in [6.45, 7) is 1.30. The van der Waals surface area contributed by atoms with Crippen LogP contribution in [-0.4, -0.2) is 20.4 Å². The first-order valence-corrected chi connectivity index (χ1v) is 4.56. The molecule has 82 valence electrons. The van der Waals surface area contributed by atoms with E-state index in [-0.39, 0.29) is 23.0 Å². The molecule has 6 heteroatoms. The Morgan fingerprint density at radius 1 is 1.56 bits per heavy atom. The highest BCUT2D eigenvalue weighted by Gasteiger charge is 2.07. The molecule has 2 heterocycles. The first-order chi connectivity index (χ1) is 7.59. The van der Waals surface area contributed by atoms with E-state index < -0.39 is 5.56 Å². The van der Waals surface area contributed by atoms with Crippen LogP contribution in [0.3, 0.4) is 0 Å². The molecule has 2 rings (SSSR count). The molecule has 0 unspecified atom stereocenters. The zero-order chi connectivity index (χ0) is 11.7. The van der Waals surface area contributed by atoms with E-state index in [9.17, 15) is 14.7 Å². The van der Waals surface area contributed by atoms with Crippen LogP contribution in [0.15, 0.2) is 29.3 Å². The number of aromatic nitrogens is 2. The molecule has 0 aliphatic heterocycles. The van der Waals surface area contributed by atoms with Gasteiger partial charge in [-0.3, -0.25) is 14.0 Å². The predicted octanol–water partition coefficient (Wildman–Crippen LogP) is 0.358. The zero-order valence-corrected chi connectivity index (χ0v) is 8.47. The van der Waals surface area contributed by atoms with Gasteiger partial charge in [0.25, 0.3) is 5.56 Å². The summed E-state index contributed by atoms with van der Waals surface area (Å²) in [7, 11) is 0. The van der Waals surface area contributed by atoms with Crippen molar-refractivity contribution in [1.29, 1.82) is 0 Å². The third-order valence-corrected chi connectivity index (χ3v) is 2.02. The molecule has 6 nitrogen and oxygen atoms in total. The minimum Gasteiger partial charge on any atom is -0.504 e. The van der Waals surface area contributed by atoms with Crippen molar-refractivity contribution in [2.45, 2.75) is 6.92 Å². The Bertz CT molecular complexity index is 618. The number of carbonyl (C=O) groups excluding carboxylic acids is 1. The number of pyridine rings is 1. The van der Waals surface area contributed by atoms with Crippen molar-refractivity contribution in [2.24, 2.45) is 0 Å². The van der Waals surface area contributed by atoms with Gasteiger partial charge in [-0.15, -0.1) is 0 Å². The van der Waals surface area contributed by atoms with Crippen molar-refractivity contribution in [1.82, 2.24) is 9.38 Å². The van der Waals surface area contributed by atoms with E-state index >= 15 is 0 Å². The minimum absolute atomic E-state index is 0.0793. The lowest BCUT2D eigenvalue weighted by molar-refractivity contribution is -0.114. The quantitative estimate of drug-likeness (QED) is 0.725. The number of fused-ring (bicyclic) bond motifs is 1. The highest BCUT2D eigenvalue weighted by Crippen LogP contribution is 2.13. The summed E-state index contributed by atoms with van der Waals surface area (Å²) in [5.74, 6) is -0.437. The normalized spacial score (nSPS) is 10.3. The average molecular weight is 219 g/mol. The molecular formula is C10H9N3O3. The van der Waals surface area contributed by atoms with Gasteiger partial charge in [-0.25, -0.2) is 4.98 Å². The number of nitrogens with one attached hydrogen (secondary N) is 1. The van der Waals surface area contributed by atoms with Crippen LogP contribution in [0, 0.1) is 0 Å². The van der Waals surface area contributed by atoms with Gasteiger partial charge in [0.15, 0.2) is 11.4 Å². The van der Waals surface area contributed by atoms with Gasteiger partial charge in [0.1, 0.15) is 5.69 Å². The molecular weight excluding hydrogens is 210 g/mol.